The summed E-state index contributed by atoms with van der Waals surface area (Å²) in [5, 5.41) is 11.9. The van der Waals surface area contributed by atoms with Crippen molar-refractivity contribution in [2.75, 3.05) is 11.9 Å². The van der Waals surface area contributed by atoms with Gasteiger partial charge in [-0.1, -0.05) is 11.8 Å². The van der Waals surface area contributed by atoms with Crippen LogP contribution in [0, 0.1) is 0 Å². The third-order valence-electron chi connectivity index (χ3n) is 6.13. The Hall–Kier alpha value is -2.66. The van der Waals surface area contributed by atoms with E-state index in [1.165, 1.54) is 23.1 Å². The molecule has 2 N–H and O–H groups in total. The van der Waals surface area contributed by atoms with Crippen LogP contribution in [-0.2, 0) is 35.2 Å². The van der Waals surface area contributed by atoms with Gasteiger partial charge in [0, 0.05) is 16.1 Å². The van der Waals surface area contributed by atoms with Crippen LogP contribution < -0.4 is 10.9 Å². The molecule has 2 aliphatic carbocycles. The molecule has 0 bridgehead atoms. The van der Waals surface area contributed by atoms with Crippen molar-refractivity contribution in [1.29, 1.82) is 0 Å². The van der Waals surface area contributed by atoms with E-state index in [0.29, 0.717) is 21.5 Å². The number of nitrogens with zero attached hydrogens (tertiary/aromatic N) is 3. The number of thiophene rings is 1. The summed E-state index contributed by atoms with van der Waals surface area (Å²) in [6, 6.07) is 0. The zero-order valence-electron chi connectivity index (χ0n) is 18.5. The lowest BCUT2D eigenvalue weighted by atomic mass is 9.95. The Morgan fingerprint density at radius 1 is 1.18 bits per heavy atom. The predicted octanol–water partition coefficient (Wildman–Crippen LogP) is 3.14. The van der Waals surface area contributed by atoms with Crippen molar-refractivity contribution >= 4 is 45.8 Å². The van der Waals surface area contributed by atoms with Crippen molar-refractivity contribution < 1.29 is 14.3 Å². The van der Waals surface area contributed by atoms with Gasteiger partial charge in [0.25, 0.3) is 5.56 Å². The van der Waals surface area contributed by atoms with Gasteiger partial charge in [-0.3, -0.25) is 19.0 Å². The quantitative estimate of drug-likeness (QED) is 0.405. The maximum Gasteiger partial charge on any atom is 0.341 e. The number of hydrogen-bond acceptors (Lipinski definition) is 8. The molecule has 3 aromatic heterocycles. The number of anilines is 1. The molecule has 1 unspecified atom stereocenters. The maximum atomic E-state index is 13.1. The summed E-state index contributed by atoms with van der Waals surface area (Å²) in [6.45, 7) is 3.86. The molecule has 0 saturated heterocycles. The Kier molecular flexibility index (Phi) is 6.00. The maximum absolute atomic E-state index is 13.1. The molecule has 2 aliphatic rings. The lowest BCUT2D eigenvalue weighted by Crippen LogP contribution is -2.24. The summed E-state index contributed by atoms with van der Waals surface area (Å²) >= 11 is 2.76. The van der Waals surface area contributed by atoms with E-state index in [9.17, 15) is 14.4 Å². The van der Waals surface area contributed by atoms with Crippen LogP contribution in [0.25, 0.3) is 5.78 Å². The SMILES string of the molecule is CCOC(=O)c1c(NC(=O)C(C)Sc2nnc3[nH]c(=O)c4c(n23)CCC4)sc2c1CCCC2. The first-order valence-electron chi connectivity index (χ1n) is 11.3. The second-order valence-electron chi connectivity index (χ2n) is 8.26. The van der Waals surface area contributed by atoms with Gasteiger partial charge in [-0.25, -0.2) is 4.79 Å². The first kappa shape index (κ1) is 22.1. The highest BCUT2D eigenvalue weighted by atomic mass is 32.2. The standard InChI is InChI=1S/C22H25N5O4S2/c1-3-31-20(30)16-13-7-4-5-10-15(13)33-19(16)23-17(28)11(2)32-22-26-25-21-24-18(29)12-8-6-9-14(12)27(21)22/h11H,3-10H2,1-2H3,(H,23,28)(H,24,25,29). The summed E-state index contributed by atoms with van der Waals surface area (Å²) in [7, 11) is 0. The molecule has 0 aromatic carbocycles. The summed E-state index contributed by atoms with van der Waals surface area (Å²) in [5.41, 5.74) is 3.10. The highest BCUT2D eigenvalue weighted by molar-refractivity contribution is 8.00. The van der Waals surface area contributed by atoms with Crippen molar-refractivity contribution in [2.45, 2.75) is 69.2 Å². The molecule has 1 amide bonds. The molecule has 33 heavy (non-hydrogen) atoms. The zero-order chi connectivity index (χ0) is 23.1. The smallest absolute Gasteiger partial charge is 0.341 e. The van der Waals surface area contributed by atoms with Crippen molar-refractivity contribution in [3.63, 3.8) is 0 Å². The minimum Gasteiger partial charge on any atom is -0.462 e. The zero-order valence-corrected chi connectivity index (χ0v) is 20.2. The topological polar surface area (TPSA) is 118 Å². The van der Waals surface area contributed by atoms with Crippen molar-refractivity contribution in [3.05, 3.63) is 37.6 Å². The predicted molar refractivity (Wildman–Crippen MR) is 126 cm³/mol. The molecule has 3 heterocycles. The molecule has 0 spiro atoms. The van der Waals surface area contributed by atoms with Gasteiger partial charge in [0.05, 0.1) is 17.4 Å². The van der Waals surface area contributed by atoms with Crippen molar-refractivity contribution in [3.8, 4) is 0 Å². The third kappa shape index (κ3) is 3.97. The van der Waals surface area contributed by atoms with Crippen LogP contribution in [0.5, 0.6) is 0 Å². The Bertz CT molecular complexity index is 1310. The van der Waals surface area contributed by atoms with Gasteiger partial charge in [0.1, 0.15) is 5.00 Å². The number of aromatic nitrogens is 4. The van der Waals surface area contributed by atoms with Gasteiger partial charge in [-0.15, -0.1) is 21.5 Å². The molecule has 1 atom stereocenters. The van der Waals surface area contributed by atoms with Gasteiger partial charge >= 0.3 is 5.97 Å². The molecular formula is C22H25N5O4S2. The monoisotopic (exact) mass is 487 g/mol. The number of H-pyrrole nitrogens is 1. The Morgan fingerprint density at radius 3 is 2.79 bits per heavy atom. The molecule has 9 nitrogen and oxygen atoms in total. The summed E-state index contributed by atoms with van der Waals surface area (Å²) in [4.78, 5) is 42.0. The van der Waals surface area contributed by atoms with Gasteiger partial charge in [0.2, 0.25) is 11.7 Å². The number of hydrogen-bond donors (Lipinski definition) is 2. The first-order valence-corrected chi connectivity index (χ1v) is 13.0. The average molecular weight is 488 g/mol. The van der Waals surface area contributed by atoms with E-state index < -0.39 is 5.25 Å². The molecule has 0 radical (unpaired) electrons. The fourth-order valence-electron chi connectivity index (χ4n) is 4.57. The van der Waals surface area contributed by atoms with E-state index in [1.807, 2.05) is 4.40 Å². The van der Waals surface area contributed by atoms with Crippen molar-refractivity contribution in [1.82, 2.24) is 19.6 Å². The summed E-state index contributed by atoms with van der Waals surface area (Å²) < 4.78 is 7.13. The molecule has 5 rings (SSSR count). The lowest BCUT2D eigenvalue weighted by Gasteiger charge is -2.13. The van der Waals surface area contributed by atoms with E-state index in [0.717, 1.165) is 66.6 Å². The van der Waals surface area contributed by atoms with E-state index >= 15 is 0 Å². The normalized spacial score (nSPS) is 15.8. The Balaban J connectivity index is 1.40. The summed E-state index contributed by atoms with van der Waals surface area (Å²) in [5.74, 6) is -0.205. The van der Waals surface area contributed by atoms with Crippen LogP contribution >= 0.6 is 23.1 Å². The number of esters is 1. The molecule has 0 fully saturated rings. The average Bonchev–Trinajstić information content (AvgIpc) is 3.50. The van der Waals surface area contributed by atoms with Crippen LogP contribution in [0.4, 0.5) is 5.00 Å². The van der Waals surface area contributed by atoms with Crippen LogP contribution in [0.1, 0.15) is 65.2 Å². The second kappa shape index (κ2) is 8.94. The van der Waals surface area contributed by atoms with Crippen molar-refractivity contribution in [2.24, 2.45) is 0 Å². The molecule has 174 valence electrons. The van der Waals surface area contributed by atoms with Crippen LogP contribution in [0.3, 0.4) is 0 Å². The molecule has 3 aromatic rings. The number of ether oxygens (including phenoxy) is 1. The van der Waals surface area contributed by atoms with Gasteiger partial charge < -0.3 is 10.1 Å². The highest BCUT2D eigenvalue weighted by Gasteiger charge is 2.29. The van der Waals surface area contributed by atoms with E-state index in [1.54, 1.807) is 13.8 Å². The molecular weight excluding hydrogens is 462 g/mol. The number of nitrogens with one attached hydrogen (secondary N) is 2. The number of fused-ring (bicyclic) bond motifs is 4. The van der Waals surface area contributed by atoms with Gasteiger partial charge in [-0.05, 0) is 64.4 Å². The van der Waals surface area contributed by atoms with Crippen LogP contribution in [-0.4, -0.2) is 43.3 Å². The fraction of sp³-hybridized carbons (Fsp3) is 0.500. The Labute approximate surface area is 198 Å². The molecule has 11 heteroatoms. The highest BCUT2D eigenvalue weighted by Crippen LogP contribution is 2.39. The minimum atomic E-state index is -0.490. The van der Waals surface area contributed by atoms with E-state index in [-0.39, 0.29) is 24.0 Å². The van der Waals surface area contributed by atoms with Crippen LogP contribution in [0.2, 0.25) is 0 Å². The third-order valence-corrected chi connectivity index (χ3v) is 8.38. The summed E-state index contributed by atoms with van der Waals surface area (Å²) in [6.07, 6.45) is 6.29. The number of aromatic amines is 1. The van der Waals surface area contributed by atoms with Gasteiger partial charge in [-0.2, -0.15) is 0 Å². The fourth-order valence-corrected chi connectivity index (χ4v) is 6.72. The molecule has 0 saturated carbocycles. The van der Waals surface area contributed by atoms with Crippen LogP contribution in [0.15, 0.2) is 9.95 Å². The number of aryl methyl sites for hydroxylation is 2. The first-order chi connectivity index (χ1) is 16.0. The largest absolute Gasteiger partial charge is 0.462 e. The van der Waals surface area contributed by atoms with E-state index in [4.69, 9.17) is 4.74 Å². The van der Waals surface area contributed by atoms with E-state index in [2.05, 4.69) is 20.5 Å². The minimum absolute atomic E-state index is 0.113. The number of thioether (sulfide) groups is 1. The second-order valence-corrected chi connectivity index (χ2v) is 10.7. The number of amides is 1. The molecule has 0 aliphatic heterocycles. The number of carbonyl (C=O) groups excluding carboxylic acids is 2. The van der Waals surface area contributed by atoms with Gasteiger partial charge in [0.15, 0.2) is 5.16 Å². The lowest BCUT2D eigenvalue weighted by molar-refractivity contribution is -0.115. The Morgan fingerprint density at radius 2 is 1.97 bits per heavy atom. The number of carbonyl (C=O) groups is 2. The number of rotatable bonds is 6.